The average molecular weight is 254 g/mol. The topological polar surface area (TPSA) is 46.3 Å². The zero-order chi connectivity index (χ0) is 13.7. The zero-order valence-electron chi connectivity index (χ0n) is 11.0. The average Bonchev–Trinajstić information content (AvgIpc) is 2.43. The van der Waals surface area contributed by atoms with Crippen LogP contribution in [-0.4, -0.2) is 12.5 Å². The molecule has 19 heavy (non-hydrogen) atoms. The fourth-order valence-electron chi connectivity index (χ4n) is 2.02. The molecule has 1 amide bonds. The predicted molar refractivity (Wildman–Crippen MR) is 79.0 cm³/mol. The van der Waals surface area contributed by atoms with Gasteiger partial charge in [0, 0.05) is 17.9 Å². The normalized spacial score (nSPS) is 10.2. The van der Waals surface area contributed by atoms with Gasteiger partial charge in [0.1, 0.15) is 0 Å². The third-order valence-electron chi connectivity index (χ3n) is 3.02. The minimum atomic E-state index is 0.0958. The number of nitrogens with two attached hydrogens (primary N) is 1. The Bertz CT molecular complexity index is 534. The molecule has 0 saturated carbocycles. The van der Waals surface area contributed by atoms with Crippen molar-refractivity contribution >= 4 is 17.3 Å². The van der Waals surface area contributed by atoms with Gasteiger partial charge >= 0.3 is 0 Å². The molecule has 0 aliphatic carbocycles. The van der Waals surface area contributed by atoms with Crippen molar-refractivity contribution in [3.8, 4) is 0 Å². The number of carbonyl (C=O) groups excluding carboxylic acids is 1. The minimum Gasteiger partial charge on any atom is -0.399 e. The molecule has 0 spiro atoms. The van der Waals surface area contributed by atoms with Crippen LogP contribution in [0, 0.1) is 0 Å². The molecule has 0 bridgehead atoms. The fourth-order valence-corrected chi connectivity index (χ4v) is 2.02. The molecule has 0 aromatic heterocycles. The van der Waals surface area contributed by atoms with Crippen molar-refractivity contribution in [2.45, 2.75) is 13.3 Å². The van der Waals surface area contributed by atoms with Gasteiger partial charge in [-0.15, -0.1) is 0 Å². The highest BCUT2D eigenvalue weighted by molar-refractivity contribution is 5.94. The van der Waals surface area contributed by atoms with Gasteiger partial charge in [0.25, 0.3) is 0 Å². The highest BCUT2D eigenvalue weighted by atomic mass is 16.2. The molecule has 0 radical (unpaired) electrons. The summed E-state index contributed by atoms with van der Waals surface area (Å²) in [6.07, 6.45) is 0.416. The minimum absolute atomic E-state index is 0.0958. The predicted octanol–water partition coefficient (Wildman–Crippen LogP) is 2.86. The molecule has 0 atom stereocenters. The van der Waals surface area contributed by atoms with Crippen LogP contribution in [0.4, 0.5) is 11.4 Å². The summed E-state index contributed by atoms with van der Waals surface area (Å²) < 4.78 is 0. The number of benzene rings is 2. The lowest BCUT2D eigenvalue weighted by Crippen LogP contribution is -2.31. The van der Waals surface area contributed by atoms with Gasteiger partial charge in [-0.3, -0.25) is 4.79 Å². The summed E-state index contributed by atoms with van der Waals surface area (Å²) in [6, 6.07) is 17.2. The summed E-state index contributed by atoms with van der Waals surface area (Å²) in [4.78, 5) is 14.1. The monoisotopic (exact) mass is 254 g/mol. The van der Waals surface area contributed by atoms with Gasteiger partial charge in [-0.05, 0) is 36.8 Å². The van der Waals surface area contributed by atoms with Crippen LogP contribution < -0.4 is 10.6 Å². The van der Waals surface area contributed by atoms with Crippen LogP contribution in [0.3, 0.4) is 0 Å². The second kappa shape index (κ2) is 6.05. The maximum absolute atomic E-state index is 12.3. The number of anilines is 2. The van der Waals surface area contributed by atoms with Gasteiger partial charge in [0.05, 0.1) is 6.42 Å². The number of likely N-dealkylation sites (N-methyl/N-ethyl adjacent to an activating group) is 1. The van der Waals surface area contributed by atoms with Crippen molar-refractivity contribution in [2.24, 2.45) is 0 Å². The van der Waals surface area contributed by atoms with Gasteiger partial charge < -0.3 is 10.6 Å². The van der Waals surface area contributed by atoms with Crippen molar-refractivity contribution in [3.63, 3.8) is 0 Å². The Morgan fingerprint density at radius 1 is 1.05 bits per heavy atom. The van der Waals surface area contributed by atoms with Gasteiger partial charge in [-0.1, -0.05) is 30.3 Å². The summed E-state index contributed by atoms with van der Waals surface area (Å²) in [6.45, 7) is 2.62. The maximum atomic E-state index is 12.3. The molecule has 98 valence electrons. The Morgan fingerprint density at radius 3 is 2.26 bits per heavy atom. The summed E-state index contributed by atoms with van der Waals surface area (Å²) in [7, 11) is 0. The van der Waals surface area contributed by atoms with E-state index in [1.165, 1.54) is 0 Å². The number of amides is 1. The summed E-state index contributed by atoms with van der Waals surface area (Å²) in [5.74, 6) is 0.0958. The molecule has 3 nitrogen and oxygen atoms in total. The van der Waals surface area contributed by atoms with Gasteiger partial charge in [0.2, 0.25) is 5.91 Å². The molecule has 0 unspecified atom stereocenters. The quantitative estimate of drug-likeness (QED) is 0.853. The lowest BCUT2D eigenvalue weighted by Gasteiger charge is -2.21. The van der Waals surface area contributed by atoms with Crippen LogP contribution in [0.25, 0.3) is 0 Å². The molecule has 2 aromatic carbocycles. The van der Waals surface area contributed by atoms with Crippen molar-refractivity contribution < 1.29 is 4.79 Å². The van der Waals surface area contributed by atoms with E-state index in [0.717, 1.165) is 11.3 Å². The standard InChI is InChI=1S/C16H18N2O/c1-2-18(15-10-8-14(17)9-11-15)16(19)12-13-6-4-3-5-7-13/h3-11H,2,12,17H2,1H3. The van der Waals surface area contributed by atoms with E-state index in [4.69, 9.17) is 5.73 Å². The van der Waals surface area contributed by atoms with E-state index in [1.54, 1.807) is 4.90 Å². The Balaban J connectivity index is 2.13. The first-order valence-electron chi connectivity index (χ1n) is 6.40. The van der Waals surface area contributed by atoms with E-state index >= 15 is 0 Å². The molecule has 0 aliphatic heterocycles. The van der Waals surface area contributed by atoms with Crippen LogP contribution in [0.2, 0.25) is 0 Å². The van der Waals surface area contributed by atoms with E-state index in [0.29, 0.717) is 18.7 Å². The summed E-state index contributed by atoms with van der Waals surface area (Å²) in [5.41, 5.74) is 8.28. The third-order valence-corrected chi connectivity index (χ3v) is 3.02. The fraction of sp³-hybridized carbons (Fsp3) is 0.188. The number of nitrogen functional groups attached to an aromatic ring is 1. The largest absolute Gasteiger partial charge is 0.399 e. The molecule has 2 rings (SSSR count). The van der Waals surface area contributed by atoms with Gasteiger partial charge in [-0.2, -0.15) is 0 Å². The van der Waals surface area contributed by atoms with Crippen LogP contribution in [0.1, 0.15) is 12.5 Å². The molecule has 2 N–H and O–H groups in total. The molecular formula is C16H18N2O. The number of nitrogens with zero attached hydrogens (tertiary/aromatic N) is 1. The second-order valence-corrected chi connectivity index (χ2v) is 4.39. The lowest BCUT2D eigenvalue weighted by atomic mass is 10.1. The SMILES string of the molecule is CCN(C(=O)Cc1ccccc1)c1ccc(N)cc1. The van der Waals surface area contributed by atoms with Crippen molar-refractivity contribution in [3.05, 3.63) is 60.2 Å². The van der Waals surface area contributed by atoms with Crippen molar-refractivity contribution in [1.82, 2.24) is 0 Å². The Hall–Kier alpha value is -2.29. The Kier molecular flexibility index (Phi) is 4.18. The summed E-state index contributed by atoms with van der Waals surface area (Å²) >= 11 is 0. The third kappa shape index (κ3) is 3.35. The highest BCUT2D eigenvalue weighted by Gasteiger charge is 2.13. The molecule has 2 aromatic rings. The highest BCUT2D eigenvalue weighted by Crippen LogP contribution is 2.17. The number of rotatable bonds is 4. The Morgan fingerprint density at radius 2 is 1.68 bits per heavy atom. The van der Waals surface area contributed by atoms with E-state index in [1.807, 2.05) is 61.5 Å². The molecule has 0 fully saturated rings. The number of hydrogen-bond acceptors (Lipinski definition) is 2. The number of hydrogen-bond donors (Lipinski definition) is 1. The van der Waals surface area contributed by atoms with E-state index in [2.05, 4.69) is 0 Å². The van der Waals surface area contributed by atoms with Crippen LogP contribution >= 0.6 is 0 Å². The Labute approximate surface area is 113 Å². The van der Waals surface area contributed by atoms with E-state index in [-0.39, 0.29) is 5.91 Å². The maximum Gasteiger partial charge on any atom is 0.231 e. The van der Waals surface area contributed by atoms with Crippen LogP contribution in [0.15, 0.2) is 54.6 Å². The molecule has 0 aliphatic rings. The first-order chi connectivity index (χ1) is 9.20. The van der Waals surface area contributed by atoms with E-state index in [9.17, 15) is 4.79 Å². The zero-order valence-corrected chi connectivity index (χ0v) is 11.0. The smallest absolute Gasteiger partial charge is 0.231 e. The molecular weight excluding hydrogens is 236 g/mol. The van der Waals surface area contributed by atoms with Crippen LogP contribution in [-0.2, 0) is 11.2 Å². The van der Waals surface area contributed by atoms with E-state index < -0.39 is 0 Å². The summed E-state index contributed by atoms with van der Waals surface area (Å²) in [5, 5.41) is 0. The van der Waals surface area contributed by atoms with Crippen molar-refractivity contribution in [2.75, 3.05) is 17.2 Å². The molecule has 0 heterocycles. The van der Waals surface area contributed by atoms with Gasteiger partial charge in [0.15, 0.2) is 0 Å². The lowest BCUT2D eigenvalue weighted by molar-refractivity contribution is -0.117. The molecule has 0 saturated heterocycles. The first-order valence-corrected chi connectivity index (χ1v) is 6.40. The first kappa shape index (κ1) is 13.1. The second-order valence-electron chi connectivity index (χ2n) is 4.39. The van der Waals surface area contributed by atoms with Gasteiger partial charge in [-0.25, -0.2) is 0 Å². The van der Waals surface area contributed by atoms with Crippen LogP contribution in [0.5, 0.6) is 0 Å². The molecule has 3 heteroatoms. The van der Waals surface area contributed by atoms with Crippen molar-refractivity contribution in [1.29, 1.82) is 0 Å². The number of carbonyl (C=O) groups is 1.